The molecule has 1 aliphatic rings. The standard InChI is InChI=1S/C12H26N2O/c1-3-14(7-8-15-4-2)10-11-5-6-12(13)9-11/h11-12H,3-10,13H2,1-2H3. The van der Waals surface area contributed by atoms with Crippen LogP contribution in [-0.2, 0) is 4.74 Å². The highest BCUT2D eigenvalue weighted by molar-refractivity contribution is 4.79. The Bertz CT molecular complexity index is 164. The van der Waals surface area contributed by atoms with Crippen LogP contribution in [0.4, 0.5) is 0 Å². The Labute approximate surface area is 94.0 Å². The molecule has 1 rings (SSSR count). The molecule has 2 atom stereocenters. The zero-order valence-electron chi connectivity index (χ0n) is 10.2. The van der Waals surface area contributed by atoms with Gasteiger partial charge in [0.1, 0.15) is 0 Å². The minimum Gasteiger partial charge on any atom is -0.380 e. The largest absolute Gasteiger partial charge is 0.380 e. The number of rotatable bonds is 7. The highest BCUT2D eigenvalue weighted by Gasteiger charge is 2.23. The number of ether oxygens (including phenoxy) is 1. The van der Waals surface area contributed by atoms with E-state index in [2.05, 4.69) is 11.8 Å². The summed E-state index contributed by atoms with van der Waals surface area (Å²) in [5.41, 5.74) is 5.92. The lowest BCUT2D eigenvalue weighted by Crippen LogP contribution is -2.32. The molecule has 0 saturated heterocycles. The fourth-order valence-electron chi connectivity index (χ4n) is 2.36. The molecule has 1 saturated carbocycles. The van der Waals surface area contributed by atoms with Crippen molar-refractivity contribution in [1.82, 2.24) is 4.90 Å². The summed E-state index contributed by atoms with van der Waals surface area (Å²) in [7, 11) is 0. The minimum atomic E-state index is 0.459. The average Bonchev–Trinajstić information content (AvgIpc) is 2.63. The summed E-state index contributed by atoms with van der Waals surface area (Å²) in [6, 6.07) is 0.459. The number of nitrogens with two attached hydrogens (primary N) is 1. The SMILES string of the molecule is CCOCCN(CC)CC1CCC(N)C1. The highest BCUT2D eigenvalue weighted by Crippen LogP contribution is 2.24. The van der Waals surface area contributed by atoms with Crippen molar-refractivity contribution in [2.75, 3.05) is 32.8 Å². The van der Waals surface area contributed by atoms with Gasteiger partial charge in [0.15, 0.2) is 0 Å². The van der Waals surface area contributed by atoms with Crippen molar-refractivity contribution in [1.29, 1.82) is 0 Å². The van der Waals surface area contributed by atoms with Crippen molar-refractivity contribution in [3.8, 4) is 0 Å². The van der Waals surface area contributed by atoms with E-state index in [1.165, 1.54) is 25.8 Å². The third kappa shape index (κ3) is 4.96. The molecule has 0 heterocycles. The van der Waals surface area contributed by atoms with Crippen molar-refractivity contribution >= 4 is 0 Å². The van der Waals surface area contributed by atoms with Gasteiger partial charge in [0.05, 0.1) is 6.61 Å². The molecule has 1 aliphatic carbocycles. The number of nitrogens with zero attached hydrogens (tertiary/aromatic N) is 1. The average molecular weight is 214 g/mol. The molecule has 0 aromatic rings. The summed E-state index contributed by atoms with van der Waals surface area (Å²) in [5, 5.41) is 0. The van der Waals surface area contributed by atoms with Crippen LogP contribution in [-0.4, -0.2) is 43.8 Å². The van der Waals surface area contributed by atoms with Crippen LogP contribution in [0.25, 0.3) is 0 Å². The second-order valence-corrected chi connectivity index (χ2v) is 4.53. The Kier molecular flexibility index (Phi) is 6.22. The van der Waals surface area contributed by atoms with Crippen molar-refractivity contribution in [2.45, 2.75) is 39.2 Å². The number of hydrogen-bond acceptors (Lipinski definition) is 3. The second kappa shape index (κ2) is 7.20. The van der Waals surface area contributed by atoms with Crippen LogP contribution >= 0.6 is 0 Å². The molecule has 0 spiro atoms. The van der Waals surface area contributed by atoms with Gasteiger partial charge in [0, 0.05) is 25.7 Å². The topological polar surface area (TPSA) is 38.5 Å². The molecule has 0 aromatic heterocycles. The molecule has 0 bridgehead atoms. The van der Waals surface area contributed by atoms with E-state index in [4.69, 9.17) is 10.5 Å². The first kappa shape index (κ1) is 12.9. The van der Waals surface area contributed by atoms with Gasteiger partial charge in [0.25, 0.3) is 0 Å². The number of hydrogen-bond donors (Lipinski definition) is 1. The van der Waals surface area contributed by atoms with E-state index in [9.17, 15) is 0 Å². The first-order valence-corrected chi connectivity index (χ1v) is 6.31. The van der Waals surface area contributed by atoms with Crippen LogP contribution < -0.4 is 5.73 Å². The monoisotopic (exact) mass is 214 g/mol. The Morgan fingerprint density at radius 1 is 1.33 bits per heavy atom. The fraction of sp³-hybridized carbons (Fsp3) is 1.00. The molecular formula is C12H26N2O. The minimum absolute atomic E-state index is 0.459. The van der Waals surface area contributed by atoms with E-state index in [1.807, 2.05) is 6.92 Å². The predicted octanol–water partition coefficient (Wildman–Crippen LogP) is 1.47. The van der Waals surface area contributed by atoms with Crippen LogP contribution in [0.5, 0.6) is 0 Å². The van der Waals surface area contributed by atoms with Gasteiger partial charge >= 0.3 is 0 Å². The lowest BCUT2D eigenvalue weighted by Gasteiger charge is -2.23. The third-order valence-corrected chi connectivity index (χ3v) is 3.30. The van der Waals surface area contributed by atoms with Gasteiger partial charge in [-0.15, -0.1) is 0 Å². The fourth-order valence-corrected chi connectivity index (χ4v) is 2.36. The Hall–Kier alpha value is -0.120. The van der Waals surface area contributed by atoms with Crippen LogP contribution in [0.3, 0.4) is 0 Å². The molecule has 1 fully saturated rings. The smallest absolute Gasteiger partial charge is 0.0593 e. The van der Waals surface area contributed by atoms with Gasteiger partial charge < -0.3 is 15.4 Å². The molecule has 2 N–H and O–H groups in total. The van der Waals surface area contributed by atoms with Gasteiger partial charge in [-0.3, -0.25) is 0 Å². The van der Waals surface area contributed by atoms with Gasteiger partial charge in [0.2, 0.25) is 0 Å². The maximum absolute atomic E-state index is 5.92. The molecule has 0 radical (unpaired) electrons. The van der Waals surface area contributed by atoms with Crippen molar-refractivity contribution in [3.63, 3.8) is 0 Å². The second-order valence-electron chi connectivity index (χ2n) is 4.53. The van der Waals surface area contributed by atoms with E-state index in [-0.39, 0.29) is 0 Å². The summed E-state index contributed by atoms with van der Waals surface area (Å²) in [6.45, 7) is 9.36. The molecule has 3 nitrogen and oxygen atoms in total. The van der Waals surface area contributed by atoms with E-state index in [1.54, 1.807) is 0 Å². The van der Waals surface area contributed by atoms with Gasteiger partial charge in [-0.25, -0.2) is 0 Å². The predicted molar refractivity (Wildman–Crippen MR) is 63.9 cm³/mol. The van der Waals surface area contributed by atoms with Crippen LogP contribution in [0.15, 0.2) is 0 Å². The lowest BCUT2D eigenvalue weighted by molar-refractivity contribution is 0.109. The molecule has 3 heteroatoms. The van der Waals surface area contributed by atoms with Crippen LogP contribution in [0.2, 0.25) is 0 Å². The highest BCUT2D eigenvalue weighted by atomic mass is 16.5. The molecular weight excluding hydrogens is 188 g/mol. The van der Waals surface area contributed by atoms with Crippen molar-refractivity contribution in [2.24, 2.45) is 11.7 Å². The summed E-state index contributed by atoms with van der Waals surface area (Å²) >= 11 is 0. The Balaban J connectivity index is 2.15. The molecule has 0 aromatic carbocycles. The van der Waals surface area contributed by atoms with Gasteiger partial charge in [-0.2, -0.15) is 0 Å². The normalized spacial score (nSPS) is 26.4. The summed E-state index contributed by atoms with van der Waals surface area (Å²) in [6.07, 6.45) is 3.74. The molecule has 90 valence electrons. The maximum Gasteiger partial charge on any atom is 0.0593 e. The van der Waals surface area contributed by atoms with Crippen LogP contribution in [0, 0.1) is 5.92 Å². The molecule has 0 aliphatic heterocycles. The van der Waals surface area contributed by atoms with E-state index in [0.717, 1.165) is 32.2 Å². The van der Waals surface area contributed by atoms with Crippen molar-refractivity contribution < 1.29 is 4.74 Å². The number of likely N-dealkylation sites (N-methyl/N-ethyl adjacent to an activating group) is 1. The Morgan fingerprint density at radius 3 is 2.67 bits per heavy atom. The summed E-state index contributed by atoms with van der Waals surface area (Å²) in [4.78, 5) is 2.48. The lowest BCUT2D eigenvalue weighted by atomic mass is 10.1. The van der Waals surface area contributed by atoms with E-state index >= 15 is 0 Å². The Morgan fingerprint density at radius 2 is 2.13 bits per heavy atom. The first-order valence-electron chi connectivity index (χ1n) is 6.31. The van der Waals surface area contributed by atoms with E-state index < -0.39 is 0 Å². The van der Waals surface area contributed by atoms with Gasteiger partial charge in [-0.05, 0) is 38.6 Å². The summed E-state index contributed by atoms with van der Waals surface area (Å²) in [5.74, 6) is 0.821. The molecule has 2 unspecified atom stereocenters. The van der Waals surface area contributed by atoms with Crippen molar-refractivity contribution in [3.05, 3.63) is 0 Å². The first-order chi connectivity index (χ1) is 7.26. The van der Waals surface area contributed by atoms with E-state index in [0.29, 0.717) is 6.04 Å². The zero-order valence-corrected chi connectivity index (χ0v) is 10.2. The van der Waals surface area contributed by atoms with Gasteiger partial charge in [-0.1, -0.05) is 6.92 Å². The molecule has 0 amide bonds. The third-order valence-electron chi connectivity index (χ3n) is 3.30. The maximum atomic E-state index is 5.92. The zero-order chi connectivity index (χ0) is 11.1. The quantitative estimate of drug-likeness (QED) is 0.652. The molecule has 15 heavy (non-hydrogen) atoms. The summed E-state index contributed by atoms with van der Waals surface area (Å²) < 4.78 is 5.39. The van der Waals surface area contributed by atoms with Crippen LogP contribution in [0.1, 0.15) is 33.1 Å².